The first-order chi connectivity index (χ1) is 8.99. The van der Waals surface area contributed by atoms with Gasteiger partial charge in [-0.15, -0.1) is 11.3 Å². The number of rotatable bonds is 4. The van der Waals surface area contributed by atoms with Crippen LogP contribution in [0.5, 0.6) is 5.75 Å². The third-order valence-corrected chi connectivity index (χ3v) is 5.76. The van der Waals surface area contributed by atoms with Gasteiger partial charge in [-0.05, 0) is 35.0 Å². The first-order valence-electron chi connectivity index (χ1n) is 5.42. The van der Waals surface area contributed by atoms with E-state index in [4.69, 9.17) is 0 Å². The Kier molecular flexibility index (Phi) is 4.97. The van der Waals surface area contributed by atoms with E-state index in [1.807, 2.05) is 13.0 Å². The Morgan fingerprint density at radius 2 is 1.95 bits per heavy atom. The molecule has 0 radical (unpaired) electrons. The molecule has 1 aromatic carbocycles. The maximum absolute atomic E-state index is 12.4. The van der Waals surface area contributed by atoms with Gasteiger partial charge in [0, 0.05) is 19.8 Å². The van der Waals surface area contributed by atoms with Crippen molar-refractivity contribution >= 4 is 43.2 Å². The molecule has 1 unspecified atom stereocenters. The first-order valence-corrected chi connectivity index (χ1v) is 7.95. The minimum atomic E-state index is -2.82. The van der Waals surface area contributed by atoms with Gasteiger partial charge >= 0.3 is 6.61 Å². The van der Waals surface area contributed by atoms with E-state index < -0.39 is 6.61 Å². The van der Waals surface area contributed by atoms with Crippen molar-refractivity contribution in [3.63, 3.8) is 0 Å². The lowest BCUT2D eigenvalue weighted by atomic mass is 10.1. The largest absolute Gasteiger partial charge is 0.434 e. The fourth-order valence-electron chi connectivity index (χ4n) is 1.71. The molecular weight excluding hydrogens is 402 g/mol. The van der Waals surface area contributed by atoms with Gasteiger partial charge in [0.25, 0.3) is 0 Å². The van der Waals surface area contributed by atoms with Gasteiger partial charge in [0.2, 0.25) is 0 Å². The third-order valence-electron chi connectivity index (χ3n) is 2.47. The van der Waals surface area contributed by atoms with Crippen LogP contribution >= 0.6 is 43.2 Å². The van der Waals surface area contributed by atoms with Crippen LogP contribution in [0.4, 0.5) is 8.78 Å². The van der Waals surface area contributed by atoms with Gasteiger partial charge in [0.1, 0.15) is 5.75 Å². The Balaban J connectivity index is 2.38. The zero-order valence-corrected chi connectivity index (χ0v) is 13.9. The zero-order valence-electron chi connectivity index (χ0n) is 9.87. The molecule has 0 fully saturated rings. The lowest BCUT2D eigenvalue weighted by Gasteiger charge is -2.14. The molecule has 2 rings (SSSR count). The standard InChI is InChI=1S/C13H10Br2F2OS/c1-7-6-9(14)12(19-7)11(15)8-4-2-3-5-10(8)18-13(16)17/h2-6,11,13H,1H3. The summed E-state index contributed by atoms with van der Waals surface area (Å²) in [5.41, 5.74) is 0.686. The lowest BCUT2D eigenvalue weighted by molar-refractivity contribution is -0.0503. The molecule has 102 valence electrons. The quantitative estimate of drug-likeness (QED) is 0.568. The Bertz CT molecular complexity index is 572. The number of ether oxygens (including phenoxy) is 1. The van der Waals surface area contributed by atoms with E-state index in [-0.39, 0.29) is 10.6 Å². The number of aryl methyl sites for hydroxylation is 1. The van der Waals surface area contributed by atoms with E-state index in [9.17, 15) is 8.78 Å². The lowest BCUT2D eigenvalue weighted by Crippen LogP contribution is -2.05. The summed E-state index contributed by atoms with van der Waals surface area (Å²) in [6.07, 6.45) is 0. The molecule has 0 N–H and O–H groups in total. The highest BCUT2D eigenvalue weighted by molar-refractivity contribution is 9.11. The predicted octanol–water partition coefficient (Wildman–Crippen LogP) is 5.90. The van der Waals surface area contributed by atoms with Gasteiger partial charge in [-0.3, -0.25) is 0 Å². The van der Waals surface area contributed by atoms with Gasteiger partial charge in [0.05, 0.1) is 4.83 Å². The summed E-state index contributed by atoms with van der Waals surface area (Å²) in [5, 5.41) is 0. The van der Waals surface area contributed by atoms with Gasteiger partial charge in [-0.25, -0.2) is 0 Å². The highest BCUT2D eigenvalue weighted by Crippen LogP contribution is 2.43. The maximum atomic E-state index is 12.4. The number of thiophene rings is 1. The average Bonchev–Trinajstić information content (AvgIpc) is 2.67. The molecule has 0 bridgehead atoms. The summed E-state index contributed by atoms with van der Waals surface area (Å²) in [7, 11) is 0. The smallest absolute Gasteiger partial charge is 0.387 e. The number of para-hydroxylation sites is 1. The summed E-state index contributed by atoms with van der Waals surface area (Å²) in [6, 6.07) is 8.81. The first kappa shape index (κ1) is 14.9. The molecular formula is C13H10Br2F2OS. The second-order valence-corrected chi connectivity index (χ2v) is 6.91. The van der Waals surface area contributed by atoms with Crippen molar-refractivity contribution in [2.45, 2.75) is 18.4 Å². The third kappa shape index (κ3) is 3.55. The fourth-order valence-corrected chi connectivity index (χ4v) is 4.80. The summed E-state index contributed by atoms with van der Waals surface area (Å²) < 4.78 is 30.3. The van der Waals surface area contributed by atoms with E-state index in [0.29, 0.717) is 5.56 Å². The number of benzene rings is 1. The minimum Gasteiger partial charge on any atom is -0.434 e. The van der Waals surface area contributed by atoms with Crippen LogP contribution in [0.1, 0.15) is 20.1 Å². The van der Waals surface area contributed by atoms with Crippen molar-refractivity contribution in [3.8, 4) is 5.75 Å². The van der Waals surface area contributed by atoms with Crippen molar-refractivity contribution in [3.05, 3.63) is 50.1 Å². The van der Waals surface area contributed by atoms with Gasteiger partial charge in [0.15, 0.2) is 0 Å². The Morgan fingerprint density at radius 3 is 2.53 bits per heavy atom. The molecule has 1 heterocycles. The van der Waals surface area contributed by atoms with Crippen LogP contribution in [0.15, 0.2) is 34.8 Å². The van der Waals surface area contributed by atoms with E-state index in [0.717, 1.165) is 14.2 Å². The maximum Gasteiger partial charge on any atom is 0.387 e. The van der Waals surface area contributed by atoms with Gasteiger partial charge in [-0.2, -0.15) is 8.78 Å². The highest BCUT2D eigenvalue weighted by Gasteiger charge is 2.21. The topological polar surface area (TPSA) is 9.23 Å². The Hall–Kier alpha value is -0.460. The average molecular weight is 412 g/mol. The van der Waals surface area contributed by atoms with Crippen LogP contribution in [0.2, 0.25) is 0 Å². The van der Waals surface area contributed by atoms with Crippen molar-refractivity contribution < 1.29 is 13.5 Å². The number of hydrogen-bond donors (Lipinski definition) is 0. The van der Waals surface area contributed by atoms with Crippen molar-refractivity contribution in [2.75, 3.05) is 0 Å². The predicted molar refractivity (Wildman–Crippen MR) is 80.6 cm³/mol. The number of alkyl halides is 3. The molecule has 0 spiro atoms. The normalized spacial score (nSPS) is 12.7. The monoisotopic (exact) mass is 410 g/mol. The molecule has 1 aromatic heterocycles. The van der Waals surface area contributed by atoms with Crippen molar-refractivity contribution in [1.29, 1.82) is 0 Å². The molecule has 19 heavy (non-hydrogen) atoms. The molecule has 6 heteroatoms. The molecule has 0 saturated carbocycles. The Morgan fingerprint density at radius 1 is 1.26 bits per heavy atom. The fraction of sp³-hybridized carbons (Fsp3) is 0.231. The van der Waals surface area contributed by atoms with Crippen LogP contribution in [-0.4, -0.2) is 6.61 Å². The molecule has 0 aliphatic carbocycles. The van der Waals surface area contributed by atoms with Gasteiger partial charge < -0.3 is 4.74 Å². The van der Waals surface area contributed by atoms with Crippen molar-refractivity contribution in [2.24, 2.45) is 0 Å². The minimum absolute atomic E-state index is 0.185. The van der Waals surface area contributed by atoms with Gasteiger partial charge in [-0.1, -0.05) is 34.1 Å². The zero-order chi connectivity index (χ0) is 14.0. The van der Waals surface area contributed by atoms with Crippen molar-refractivity contribution in [1.82, 2.24) is 0 Å². The molecule has 1 atom stereocenters. The van der Waals surface area contributed by atoms with Crippen LogP contribution < -0.4 is 4.74 Å². The van der Waals surface area contributed by atoms with Crippen LogP contribution in [-0.2, 0) is 0 Å². The molecule has 2 aromatic rings. The van der Waals surface area contributed by atoms with E-state index in [1.165, 1.54) is 0 Å². The summed E-state index contributed by atoms with van der Waals surface area (Å²) in [6.45, 7) is -0.824. The second kappa shape index (κ2) is 6.33. The molecule has 0 aliphatic rings. The SMILES string of the molecule is Cc1cc(Br)c(C(Br)c2ccccc2OC(F)F)s1. The highest BCUT2D eigenvalue weighted by atomic mass is 79.9. The molecule has 0 saturated heterocycles. The van der Waals surface area contributed by atoms with E-state index in [1.54, 1.807) is 35.6 Å². The summed E-state index contributed by atoms with van der Waals surface area (Å²) in [4.78, 5) is 2.00. The Labute approximate surface area is 130 Å². The van der Waals surface area contributed by atoms with Crippen LogP contribution in [0, 0.1) is 6.92 Å². The summed E-state index contributed by atoms with van der Waals surface area (Å²) >= 11 is 8.64. The second-order valence-electron chi connectivity index (χ2n) is 3.85. The van der Waals surface area contributed by atoms with Crippen LogP contribution in [0.25, 0.3) is 0 Å². The molecule has 1 nitrogen and oxygen atoms in total. The summed E-state index contributed by atoms with van der Waals surface area (Å²) in [5.74, 6) is 0.192. The van der Waals surface area contributed by atoms with E-state index in [2.05, 4.69) is 36.6 Å². The number of hydrogen-bond acceptors (Lipinski definition) is 2. The van der Waals surface area contributed by atoms with E-state index >= 15 is 0 Å². The van der Waals surface area contributed by atoms with Crippen LogP contribution in [0.3, 0.4) is 0 Å². The molecule has 0 amide bonds. The molecule has 0 aliphatic heterocycles. The number of halogens is 4.